The van der Waals surface area contributed by atoms with E-state index < -0.39 is 5.82 Å². The van der Waals surface area contributed by atoms with Gasteiger partial charge < -0.3 is 10.1 Å². The highest BCUT2D eigenvalue weighted by molar-refractivity contribution is 5.85. The maximum absolute atomic E-state index is 13.0. The van der Waals surface area contributed by atoms with Crippen molar-refractivity contribution in [3.8, 4) is 5.88 Å². The van der Waals surface area contributed by atoms with E-state index in [4.69, 9.17) is 4.74 Å². The molecule has 0 bridgehead atoms. The number of hydrogen-bond donors (Lipinski definition) is 1. The predicted molar refractivity (Wildman–Crippen MR) is 53.3 cm³/mol. The summed E-state index contributed by atoms with van der Waals surface area (Å²) in [6.07, 6.45) is 2.50. The molecule has 1 N–H and O–H groups in total. The van der Waals surface area contributed by atoms with Gasteiger partial charge in [-0.3, -0.25) is 0 Å². The average Bonchev–Trinajstić information content (AvgIpc) is 2.61. The molecular weight excluding hydrogens is 207 g/mol. The van der Waals surface area contributed by atoms with E-state index in [0.717, 1.165) is 19.5 Å². The van der Waals surface area contributed by atoms with Gasteiger partial charge in [-0.2, -0.15) is 0 Å². The predicted octanol–water partition coefficient (Wildman–Crippen LogP) is 1.38. The third-order valence-electron chi connectivity index (χ3n) is 2.02. The molecule has 1 saturated heterocycles. The van der Waals surface area contributed by atoms with Crippen molar-refractivity contribution in [1.29, 1.82) is 0 Å². The summed E-state index contributed by atoms with van der Waals surface area (Å²) in [4.78, 5) is 3.82. The maximum atomic E-state index is 13.0. The van der Waals surface area contributed by atoms with Crippen LogP contribution in [0.5, 0.6) is 5.88 Å². The lowest BCUT2D eigenvalue weighted by Crippen LogP contribution is -2.20. The SMILES string of the molecule is Cl.Fc1cccnc1OC1CCNC1. The van der Waals surface area contributed by atoms with Gasteiger partial charge in [0.1, 0.15) is 6.10 Å². The second kappa shape index (κ2) is 5.12. The standard InChI is InChI=1S/C9H11FN2O.ClH/c10-8-2-1-4-12-9(8)13-7-3-5-11-6-7;/h1-2,4,7,11H,3,5-6H2;1H. The van der Waals surface area contributed by atoms with Crippen molar-refractivity contribution in [3.05, 3.63) is 24.1 Å². The van der Waals surface area contributed by atoms with Crippen LogP contribution in [0.1, 0.15) is 6.42 Å². The van der Waals surface area contributed by atoms with Crippen molar-refractivity contribution in [3.63, 3.8) is 0 Å². The highest BCUT2D eigenvalue weighted by Gasteiger charge is 2.17. The molecule has 1 aliphatic heterocycles. The molecule has 1 aliphatic rings. The summed E-state index contributed by atoms with van der Waals surface area (Å²) < 4.78 is 18.4. The Morgan fingerprint density at radius 2 is 2.43 bits per heavy atom. The first-order chi connectivity index (χ1) is 6.36. The minimum Gasteiger partial charge on any atom is -0.471 e. The van der Waals surface area contributed by atoms with Crippen LogP contribution in [0.4, 0.5) is 4.39 Å². The topological polar surface area (TPSA) is 34.1 Å². The van der Waals surface area contributed by atoms with E-state index in [0.29, 0.717) is 0 Å². The van der Waals surface area contributed by atoms with Gasteiger partial charge in [-0.1, -0.05) is 0 Å². The zero-order valence-corrected chi connectivity index (χ0v) is 8.39. The van der Waals surface area contributed by atoms with Crippen LogP contribution in [0, 0.1) is 5.82 Å². The maximum Gasteiger partial charge on any atom is 0.250 e. The summed E-state index contributed by atoms with van der Waals surface area (Å²) >= 11 is 0. The third kappa shape index (κ3) is 2.56. The summed E-state index contributed by atoms with van der Waals surface area (Å²) in [7, 11) is 0. The summed E-state index contributed by atoms with van der Waals surface area (Å²) in [5.74, 6) is -0.286. The normalized spacial score (nSPS) is 20.2. The molecule has 1 atom stereocenters. The van der Waals surface area contributed by atoms with Crippen molar-refractivity contribution in [2.75, 3.05) is 13.1 Å². The quantitative estimate of drug-likeness (QED) is 0.815. The molecule has 5 heteroatoms. The molecule has 14 heavy (non-hydrogen) atoms. The van der Waals surface area contributed by atoms with Crippen LogP contribution in [-0.4, -0.2) is 24.2 Å². The number of ether oxygens (including phenoxy) is 1. The summed E-state index contributed by atoms with van der Waals surface area (Å²) in [5.41, 5.74) is 0. The molecule has 78 valence electrons. The first-order valence-corrected chi connectivity index (χ1v) is 4.34. The van der Waals surface area contributed by atoms with Crippen LogP contribution in [0.25, 0.3) is 0 Å². The monoisotopic (exact) mass is 218 g/mol. The lowest BCUT2D eigenvalue weighted by molar-refractivity contribution is 0.203. The molecule has 0 spiro atoms. The van der Waals surface area contributed by atoms with Crippen LogP contribution in [0.2, 0.25) is 0 Å². The molecule has 1 unspecified atom stereocenters. The molecule has 1 aromatic rings. The number of halogens is 2. The fourth-order valence-corrected chi connectivity index (χ4v) is 1.34. The van der Waals surface area contributed by atoms with Gasteiger partial charge in [0.25, 0.3) is 5.88 Å². The van der Waals surface area contributed by atoms with Crippen molar-refractivity contribution >= 4 is 12.4 Å². The van der Waals surface area contributed by atoms with Gasteiger partial charge in [0, 0.05) is 12.7 Å². The minimum atomic E-state index is -0.394. The molecular formula is C9H12ClFN2O. The highest BCUT2D eigenvalue weighted by Crippen LogP contribution is 2.15. The Morgan fingerprint density at radius 3 is 3.07 bits per heavy atom. The van der Waals surface area contributed by atoms with Gasteiger partial charge in [-0.25, -0.2) is 9.37 Å². The van der Waals surface area contributed by atoms with E-state index in [2.05, 4.69) is 10.3 Å². The Bertz CT molecular complexity index is 292. The second-order valence-corrected chi connectivity index (χ2v) is 3.02. The van der Waals surface area contributed by atoms with Crippen molar-refractivity contribution in [2.45, 2.75) is 12.5 Å². The molecule has 0 aromatic carbocycles. The van der Waals surface area contributed by atoms with Crippen LogP contribution >= 0.6 is 12.4 Å². The van der Waals surface area contributed by atoms with Gasteiger partial charge in [0.2, 0.25) is 0 Å². The van der Waals surface area contributed by atoms with E-state index in [-0.39, 0.29) is 24.4 Å². The van der Waals surface area contributed by atoms with Gasteiger partial charge in [-0.05, 0) is 25.1 Å². The Hall–Kier alpha value is -0.870. The van der Waals surface area contributed by atoms with Crippen LogP contribution in [0.15, 0.2) is 18.3 Å². The minimum absolute atomic E-state index is 0. The van der Waals surface area contributed by atoms with Crippen LogP contribution in [-0.2, 0) is 0 Å². The Balaban J connectivity index is 0.000000980. The van der Waals surface area contributed by atoms with Gasteiger partial charge in [-0.15, -0.1) is 12.4 Å². The van der Waals surface area contributed by atoms with Crippen LogP contribution < -0.4 is 10.1 Å². The Kier molecular flexibility index (Phi) is 4.10. The van der Waals surface area contributed by atoms with Gasteiger partial charge >= 0.3 is 0 Å². The van der Waals surface area contributed by atoms with Gasteiger partial charge in [0.05, 0.1) is 0 Å². The Labute approximate surface area is 88.1 Å². The number of nitrogens with one attached hydrogen (secondary N) is 1. The Morgan fingerprint density at radius 1 is 1.57 bits per heavy atom. The third-order valence-corrected chi connectivity index (χ3v) is 2.02. The molecule has 2 rings (SSSR count). The van der Waals surface area contributed by atoms with Gasteiger partial charge in [0.15, 0.2) is 5.82 Å². The molecule has 0 saturated carbocycles. The van der Waals surface area contributed by atoms with Crippen LogP contribution in [0.3, 0.4) is 0 Å². The number of rotatable bonds is 2. The smallest absolute Gasteiger partial charge is 0.250 e. The highest BCUT2D eigenvalue weighted by atomic mass is 35.5. The van der Waals surface area contributed by atoms with Crippen molar-refractivity contribution in [2.24, 2.45) is 0 Å². The first-order valence-electron chi connectivity index (χ1n) is 4.34. The molecule has 2 heterocycles. The fraction of sp³-hybridized carbons (Fsp3) is 0.444. The molecule has 1 aromatic heterocycles. The summed E-state index contributed by atoms with van der Waals surface area (Å²) in [5, 5.41) is 3.14. The molecule has 1 fully saturated rings. The number of nitrogens with zero attached hydrogens (tertiary/aromatic N) is 1. The number of pyridine rings is 1. The van der Waals surface area contributed by atoms with E-state index in [1.165, 1.54) is 12.3 Å². The zero-order chi connectivity index (χ0) is 9.10. The molecule has 3 nitrogen and oxygen atoms in total. The van der Waals surface area contributed by atoms with E-state index in [1.54, 1.807) is 6.07 Å². The zero-order valence-electron chi connectivity index (χ0n) is 7.57. The van der Waals surface area contributed by atoms with E-state index in [9.17, 15) is 4.39 Å². The largest absolute Gasteiger partial charge is 0.471 e. The number of hydrogen-bond acceptors (Lipinski definition) is 3. The second-order valence-electron chi connectivity index (χ2n) is 3.02. The van der Waals surface area contributed by atoms with Crippen molar-refractivity contribution in [1.82, 2.24) is 10.3 Å². The average molecular weight is 219 g/mol. The van der Waals surface area contributed by atoms with Crippen molar-refractivity contribution < 1.29 is 9.13 Å². The fourth-order valence-electron chi connectivity index (χ4n) is 1.34. The molecule has 0 radical (unpaired) electrons. The number of aromatic nitrogens is 1. The lowest BCUT2D eigenvalue weighted by Gasteiger charge is -2.11. The summed E-state index contributed by atoms with van der Waals surface area (Å²) in [6.45, 7) is 1.70. The molecule has 0 aliphatic carbocycles. The summed E-state index contributed by atoms with van der Waals surface area (Å²) in [6, 6.07) is 2.90. The van der Waals surface area contributed by atoms with E-state index in [1.807, 2.05) is 0 Å². The molecule has 0 amide bonds. The first kappa shape index (κ1) is 11.2. The lowest BCUT2D eigenvalue weighted by atomic mass is 10.3. The van der Waals surface area contributed by atoms with E-state index >= 15 is 0 Å².